The quantitative estimate of drug-likeness (QED) is 0.600. The van der Waals surface area contributed by atoms with Gasteiger partial charge in [-0.2, -0.15) is 0 Å². The second-order valence-electron chi connectivity index (χ2n) is 5.03. The molecule has 8 nitrogen and oxygen atoms in total. The number of benzene rings is 2. The summed E-state index contributed by atoms with van der Waals surface area (Å²) in [5.74, 6) is -0.953. The molecule has 0 saturated carbocycles. The van der Waals surface area contributed by atoms with Gasteiger partial charge >= 0.3 is 5.76 Å². The molecule has 0 saturated heterocycles. The Morgan fingerprint density at radius 1 is 1.17 bits per heavy atom. The molecule has 2 heterocycles. The summed E-state index contributed by atoms with van der Waals surface area (Å²) in [5.41, 5.74) is 2.23. The fourth-order valence-electron chi connectivity index (χ4n) is 2.29. The van der Waals surface area contributed by atoms with Crippen molar-refractivity contribution in [1.82, 2.24) is 19.7 Å². The summed E-state index contributed by atoms with van der Waals surface area (Å²) >= 11 is 0. The number of carbonyl (C=O) groups excluding carboxylic acids is 1. The van der Waals surface area contributed by atoms with Gasteiger partial charge in [-0.3, -0.25) is 9.78 Å². The van der Waals surface area contributed by atoms with Crippen molar-refractivity contribution in [2.24, 2.45) is 0 Å². The van der Waals surface area contributed by atoms with Crippen molar-refractivity contribution in [1.29, 1.82) is 0 Å². The van der Waals surface area contributed by atoms with Crippen molar-refractivity contribution >= 4 is 22.7 Å². The first-order chi connectivity index (χ1) is 11.7. The fourth-order valence-corrected chi connectivity index (χ4v) is 2.29. The van der Waals surface area contributed by atoms with E-state index in [1.165, 1.54) is 11.0 Å². The fraction of sp³-hybridized carbons (Fsp3) is 0. The molecule has 24 heavy (non-hydrogen) atoms. The summed E-state index contributed by atoms with van der Waals surface area (Å²) in [6.45, 7) is 0. The van der Waals surface area contributed by atoms with Gasteiger partial charge in [-0.15, -0.1) is 5.10 Å². The number of hydrogen-bond donors (Lipinski definition) is 2. The zero-order valence-electron chi connectivity index (χ0n) is 12.3. The van der Waals surface area contributed by atoms with Crippen molar-refractivity contribution in [2.45, 2.75) is 0 Å². The van der Waals surface area contributed by atoms with E-state index in [4.69, 9.17) is 4.42 Å². The number of rotatable bonds is 3. The third-order valence-corrected chi connectivity index (χ3v) is 3.39. The van der Waals surface area contributed by atoms with Gasteiger partial charge < -0.3 is 9.73 Å². The minimum absolute atomic E-state index is 0.0413. The maximum atomic E-state index is 12.3. The second kappa shape index (κ2) is 5.51. The Morgan fingerprint density at radius 2 is 2.00 bits per heavy atom. The van der Waals surface area contributed by atoms with Gasteiger partial charge in [0, 0.05) is 5.69 Å². The van der Waals surface area contributed by atoms with Crippen LogP contribution in [-0.2, 0) is 0 Å². The Labute approximate surface area is 134 Å². The largest absolute Gasteiger partial charge is 0.417 e. The minimum atomic E-state index is -0.545. The molecule has 4 rings (SSSR count). The van der Waals surface area contributed by atoms with Crippen LogP contribution in [0.2, 0.25) is 0 Å². The van der Waals surface area contributed by atoms with Crippen LogP contribution in [0.4, 0.5) is 5.69 Å². The molecule has 2 N–H and O–H groups in total. The van der Waals surface area contributed by atoms with Gasteiger partial charge in [0.05, 0.1) is 11.2 Å². The predicted molar refractivity (Wildman–Crippen MR) is 86.1 cm³/mol. The van der Waals surface area contributed by atoms with Crippen LogP contribution in [0, 0.1) is 0 Å². The number of amides is 1. The van der Waals surface area contributed by atoms with E-state index in [1.807, 2.05) is 30.3 Å². The highest BCUT2D eigenvalue weighted by molar-refractivity contribution is 6.02. The molecular formula is C16H11N5O3. The van der Waals surface area contributed by atoms with E-state index in [2.05, 4.69) is 20.4 Å². The Bertz CT molecular complexity index is 1080. The number of aromatic amines is 1. The Morgan fingerprint density at radius 3 is 2.83 bits per heavy atom. The van der Waals surface area contributed by atoms with E-state index in [9.17, 15) is 9.59 Å². The first-order valence-corrected chi connectivity index (χ1v) is 7.10. The number of nitrogens with one attached hydrogen (secondary N) is 2. The van der Waals surface area contributed by atoms with Crippen LogP contribution in [0.3, 0.4) is 0 Å². The summed E-state index contributed by atoms with van der Waals surface area (Å²) in [7, 11) is 0. The highest BCUT2D eigenvalue weighted by Gasteiger charge is 2.13. The number of H-pyrrole nitrogens is 1. The summed E-state index contributed by atoms with van der Waals surface area (Å²) in [4.78, 5) is 30.0. The van der Waals surface area contributed by atoms with Gasteiger partial charge in [-0.25, -0.2) is 14.5 Å². The van der Waals surface area contributed by atoms with Crippen LogP contribution in [0.25, 0.3) is 16.8 Å². The molecule has 4 aromatic rings. The van der Waals surface area contributed by atoms with Crippen LogP contribution in [0.1, 0.15) is 10.6 Å². The lowest BCUT2D eigenvalue weighted by atomic mass is 10.3. The molecule has 1 amide bonds. The zero-order chi connectivity index (χ0) is 16.5. The standard InChI is InChI=1S/C16H11N5O3/c22-15(14-17-9-21(20-14)11-4-2-1-3-5-11)18-10-6-7-13-12(8-10)19-16(23)24-13/h1-9H,(H,18,22)(H,19,23). The summed E-state index contributed by atoms with van der Waals surface area (Å²) in [6, 6.07) is 14.2. The maximum absolute atomic E-state index is 12.3. The summed E-state index contributed by atoms with van der Waals surface area (Å²) in [5, 5.41) is 6.84. The molecule has 0 aliphatic heterocycles. The average molecular weight is 321 g/mol. The van der Waals surface area contributed by atoms with Crippen molar-refractivity contribution in [2.75, 3.05) is 5.32 Å². The normalized spacial score (nSPS) is 10.8. The van der Waals surface area contributed by atoms with Crippen molar-refractivity contribution < 1.29 is 9.21 Å². The zero-order valence-corrected chi connectivity index (χ0v) is 12.3. The third kappa shape index (κ3) is 2.56. The van der Waals surface area contributed by atoms with Gasteiger partial charge in [-0.05, 0) is 30.3 Å². The van der Waals surface area contributed by atoms with E-state index < -0.39 is 11.7 Å². The third-order valence-electron chi connectivity index (χ3n) is 3.39. The first-order valence-electron chi connectivity index (χ1n) is 7.10. The second-order valence-corrected chi connectivity index (χ2v) is 5.03. The number of hydrogen-bond acceptors (Lipinski definition) is 5. The molecular weight excluding hydrogens is 310 g/mol. The Hall–Kier alpha value is -3.68. The molecule has 0 spiro atoms. The Balaban J connectivity index is 1.57. The number of para-hydroxylation sites is 1. The monoisotopic (exact) mass is 321 g/mol. The topological polar surface area (TPSA) is 106 Å². The maximum Gasteiger partial charge on any atom is 0.417 e. The lowest BCUT2D eigenvalue weighted by Crippen LogP contribution is -2.14. The summed E-state index contributed by atoms with van der Waals surface area (Å²) in [6.07, 6.45) is 1.47. The highest BCUT2D eigenvalue weighted by Crippen LogP contribution is 2.16. The van der Waals surface area contributed by atoms with Crippen LogP contribution >= 0.6 is 0 Å². The number of nitrogens with zero attached hydrogens (tertiary/aromatic N) is 3. The Kier molecular flexibility index (Phi) is 3.20. The van der Waals surface area contributed by atoms with Crippen molar-refractivity contribution in [3.8, 4) is 5.69 Å². The van der Waals surface area contributed by atoms with Crippen molar-refractivity contribution in [3.63, 3.8) is 0 Å². The molecule has 0 bridgehead atoms. The smallest absolute Gasteiger partial charge is 0.408 e. The van der Waals surface area contributed by atoms with E-state index in [0.717, 1.165) is 5.69 Å². The molecule has 0 atom stereocenters. The molecule has 2 aromatic heterocycles. The lowest BCUT2D eigenvalue weighted by molar-refractivity contribution is 0.101. The highest BCUT2D eigenvalue weighted by atomic mass is 16.4. The molecule has 2 aromatic carbocycles. The molecule has 118 valence electrons. The molecule has 0 fully saturated rings. The van der Waals surface area contributed by atoms with Crippen LogP contribution in [0.5, 0.6) is 0 Å². The van der Waals surface area contributed by atoms with E-state index >= 15 is 0 Å². The van der Waals surface area contributed by atoms with Gasteiger partial charge in [0.15, 0.2) is 5.58 Å². The van der Waals surface area contributed by atoms with Gasteiger partial charge in [0.25, 0.3) is 5.91 Å². The summed E-state index contributed by atoms with van der Waals surface area (Å²) < 4.78 is 6.43. The molecule has 8 heteroatoms. The minimum Gasteiger partial charge on any atom is -0.408 e. The number of oxazole rings is 1. The van der Waals surface area contributed by atoms with Crippen LogP contribution < -0.4 is 11.1 Å². The van der Waals surface area contributed by atoms with Gasteiger partial charge in [-0.1, -0.05) is 18.2 Å². The predicted octanol–water partition coefficient (Wildman–Crippen LogP) is 1.95. The molecule has 0 aliphatic carbocycles. The molecule has 0 unspecified atom stereocenters. The van der Waals surface area contributed by atoms with E-state index in [1.54, 1.807) is 18.2 Å². The number of aromatic nitrogens is 4. The SMILES string of the molecule is O=C(Nc1ccc2oc(=O)[nH]c2c1)c1ncn(-c2ccccc2)n1. The number of fused-ring (bicyclic) bond motifs is 1. The average Bonchev–Trinajstić information content (AvgIpc) is 3.21. The van der Waals surface area contributed by atoms with Crippen molar-refractivity contribution in [3.05, 3.63) is 71.2 Å². The van der Waals surface area contributed by atoms with E-state index in [0.29, 0.717) is 16.8 Å². The van der Waals surface area contributed by atoms with Gasteiger partial charge in [0.2, 0.25) is 5.82 Å². The first kappa shape index (κ1) is 13.9. The lowest BCUT2D eigenvalue weighted by Gasteiger charge is -2.02. The van der Waals surface area contributed by atoms with E-state index in [-0.39, 0.29) is 5.82 Å². The number of carbonyl (C=O) groups is 1. The molecule has 0 radical (unpaired) electrons. The van der Waals surface area contributed by atoms with Gasteiger partial charge in [0.1, 0.15) is 6.33 Å². The number of anilines is 1. The van der Waals surface area contributed by atoms with Crippen LogP contribution in [0.15, 0.2) is 64.1 Å². The van der Waals surface area contributed by atoms with Crippen LogP contribution in [-0.4, -0.2) is 25.7 Å². The molecule has 0 aliphatic rings.